The second-order valence-corrected chi connectivity index (χ2v) is 5.40. The van der Waals surface area contributed by atoms with E-state index in [4.69, 9.17) is 0 Å². The smallest absolute Gasteiger partial charge is 0.208 e. The van der Waals surface area contributed by atoms with Crippen LogP contribution in [0.25, 0.3) is 0 Å². The van der Waals surface area contributed by atoms with Gasteiger partial charge in [-0.2, -0.15) is 0 Å². The van der Waals surface area contributed by atoms with Crippen molar-refractivity contribution >= 4 is 23.1 Å². The first-order valence-corrected chi connectivity index (χ1v) is 6.96. The molecule has 0 spiro atoms. The van der Waals surface area contributed by atoms with Gasteiger partial charge in [0.05, 0.1) is 0 Å². The molecule has 0 aliphatic heterocycles. The largest absolute Gasteiger partial charge is 0.311 e. The van der Waals surface area contributed by atoms with Gasteiger partial charge in [-0.05, 0) is 18.4 Å². The predicted octanol–water partition coefficient (Wildman–Crippen LogP) is 2.06. The first-order chi connectivity index (χ1) is 7.84. The lowest BCUT2D eigenvalue weighted by molar-refractivity contribution is 0.740. The molecule has 0 aliphatic rings. The van der Waals surface area contributed by atoms with E-state index in [-0.39, 0.29) is 0 Å². The highest BCUT2D eigenvalue weighted by molar-refractivity contribution is 7.99. The molecular formula is C10H14N4S2. The maximum absolute atomic E-state index is 4.23. The molecular weight excluding hydrogens is 240 g/mol. The fraction of sp³-hybridized carbons (Fsp3) is 0.400. The van der Waals surface area contributed by atoms with Crippen molar-refractivity contribution in [1.29, 1.82) is 0 Å². The molecule has 2 N–H and O–H groups in total. The Morgan fingerprint density at radius 1 is 1.56 bits per heavy atom. The van der Waals surface area contributed by atoms with Crippen molar-refractivity contribution in [3.8, 4) is 0 Å². The fourth-order valence-corrected chi connectivity index (χ4v) is 2.64. The predicted molar refractivity (Wildman–Crippen MR) is 67.9 cm³/mol. The van der Waals surface area contributed by atoms with E-state index in [2.05, 4.69) is 38.0 Å². The highest BCUT2D eigenvalue weighted by Crippen LogP contribution is 2.11. The van der Waals surface area contributed by atoms with Gasteiger partial charge < -0.3 is 5.32 Å². The number of nitrogens with one attached hydrogen (secondary N) is 2. The van der Waals surface area contributed by atoms with Gasteiger partial charge in [0, 0.05) is 23.7 Å². The number of aryl methyl sites for hydroxylation is 1. The quantitative estimate of drug-likeness (QED) is 0.612. The number of thiophene rings is 1. The van der Waals surface area contributed by atoms with Crippen molar-refractivity contribution < 1.29 is 0 Å². The van der Waals surface area contributed by atoms with Crippen LogP contribution in [-0.4, -0.2) is 27.5 Å². The summed E-state index contributed by atoms with van der Waals surface area (Å²) in [5.41, 5.74) is 0. The van der Waals surface area contributed by atoms with Gasteiger partial charge in [-0.1, -0.05) is 17.8 Å². The zero-order valence-corrected chi connectivity index (χ0v) is 10.7. The highest BCUT2D eigenvalue weighted by atomic mass is 32.2. The Labute approximate surface area is 103 Å². The van der Waals surface area contributed by atoms with Crippen LogP contribution in [-0.2, 0) is 6.54 Å². The first-order valence-electron chi connectivity index (χ1n) is 5.09. The number of thioether (sulfide) groups is 1. The number of nitrogens with zero attached hydrogens (tertiary/aromatic N) is 2. The Morgan fingerprint density at radius 3 is 3.19 bits per heavy atom. The Kier molecular flexibility index (Phi) is 4.38. The molecule has 0 unspecified atom stereocenters. The minimum absolute atomic E-state index is 0.829. The summed E-state index contributed by atoms with van der Waals surface area (Å²) in [4.78, 5) is 5.60. The summed E-state index contributed by atoms with van der Waals surface area (Å²) in [5.74, 6) is 1.86. The van der Waals surface area contributed by atoms with E-state index in [1.54, 1.807) is 23.1 Å². The average Bonchev–Trinajstić information content (AvgIpc) is 2.89. The summed E-state index contributed by atoms with van der Waals surface area (Å²) in [6, 6.07) is 4.22. The third-order valence-corrected chi connectivity index (χ3v) is 3.69. The second-order valence-electron chi connectivity index (χ2n) is 3.31. The van der Waals surface area contributed by atoms with Crippen LogP contribution in [0.5, 0.6) is 0 Å². The summed E-state index contributed by atoms with van der Waals surface area (Å²) in [6.45, 7) is 3.83. The van der Waals surface area contributed by atoms with Crippen LogP contribution in [0.4, 0.5) is 0 Å². The number of hydrogen-bond acceptors (Lipinski definition) is 5. The maximum Gasteiger partial charge on any atom is 0.208 e. The monoisotopic (exact) mass is 254 g/mol. The van der Waals surface area contributed by atoms with E-state index in [0.717, 1.165) is 29.8 Å². The second kappa shape index (κ2) is 6.03. The summed E-state index contributed by atoms with van der Waals surface area (Å²) in [6.07, 6.45) is 0. The van der Waals surface area contributed by atoms with Crippen LogP contribution in [0.2, 0.25) is 0 Å². The van der Waals surface area contributed by atoms with Gasteiger partial charge in [-0.25, -0.2) is 4.98 Å². The number of H-pyrrole nitrogens is 1. The SMILES string of the molecule is Cc1nc(SCCNCc2cccs2)n[nH]1. The number of rotatable bonds is 6. The molecule has 0 aliphatic carbocycles. The molecule has 2 aromatic rings. The Hall–Kier alpha value is -0.850. The van der Waals surface area contributed by atoms with Crippen molar-refractivity contribution in [3.05, 3.63) is 28.2 Å². The Balaban J connectivity index is 1.59. The maximum atomic E-state index is 4.23. The molecule has 0 radical (unpaired) electrons. The van der Waals surface area contributed by atoms with Gasteiger partial charge in [0.25, 0.3) is 0 Å². The Bertz CT molecular complexity index is 410. The lowest BCUT2D eigenvalue weighted by atomic mass is 10.4. The average molecular weight is 254 g/mol. The van der Waals surface area contributed by atoms with Gasteiger partial charge >= 0.3 is 0 Å². The van der Waals surface area contributed by atoms with Crippen LogP contribution < -0.4 is 5.32 Å². The van der Waals surface area contributed by atoms with Crippen LogP contribution in [0.15, 0.2) is 22.7 Å². The number of aromatic nitrogens is 3. The van der Waals surface area contributed by atoms with Crippen molar-refractivity contribution in [1.82, 2.24) is 20.5 Å². The van der Waals surface area contributed by atoms with Gasteiger partial charge in [0.15, 0.2) is 0 Å². The lowest BCUT2D eigenvalue weighted by Crippen LogP contribution is -2.15. The van der Waals surface area contributed by atoms with E-state index in [1.165, 1.54) is 4.88 Å². The molecule has 0 saturated carbocycles. The minimum atomic E-state index is 0.829. The molecule has 86 valence electrons. The fourth-order valence-electron chi connectivity index (χ4n) is 1.23. The molecule has 6 heteroatoms. The molecule has 2 aromatic heterocycles. The van der Waals surface area contributed by atoms with Gasteiger partial charge in [0.1, 0.15) is 5.82 Å². The third kappa shape index (κ3) is 3.62. The molecule has 2 heterocycles. The Morgan fingerprint density at radius 2 is 2.50 bits per heavy atom. The van der Waals surface area contributed by atoms with Crippen LogP contribution in [0, 0.1) is 6.92 Å². The van der Waals surface area contributed by atoms with E-state index in [9.17, 15) is 0 Å². The van der Waals surface area contributed by atoms with Crippen LogP contribution >= 0.6 is 23.1 Å². The van der Waals surface area contributed by atoms with Crippen LogP contribution in [0.1, 0.15) is 10.7 Å². The van der Waals surface area contributed by atoms with Gasteiger partial charge in [-0.3, -0.25) is 5.10 Å². The van der Waals surface area contributed by atoms with Crippen LogP contribution in [0.3, 0.4) is 0 Å². The zero-order chi connectivity index (χ0) is 11.2. The molecule has 0 aromatic carbocycles. The minimum Gasteiger partial charge on any atom is -0.311 e. The number of hydrogen-bond donors (Lipinski definition) is 2. The topological polar surface area (TPSA) is 53.6 Å². The van der Waals surface area contributed by atoms with Gasteiger partial charge in [-0.15, -0.1) is 16.4 Å². The number of aromatic amines is 1. The summed E-state index contributed by atoms with van der Waals surface area (Å²) in [7, 11) is 0. The molecule has 16 heavy (non-hydrogen) atoms. The molecule has 0 bridgehead atoms. The molecule has 4 nitrogen and oxygen atoms in total. The van der Waals surface area contributed by atoms with Crippen molar-refractivity contribution in [2.45, 2.75) is 18.6 Å². The molecule has 2 rings (SSSR count). The molecule has 0 fully saturated rings. The third-order valence-electron chi connectivity index (χ3n) is 1.97. The van der Waals surface area contributed by atoms with Crippen molar-refractivity contribution in [2.24, 2.45) is 0 Å². The summed E-state index contributed by atoms with van der Waals surface area (Å²) >= 11 is 3.45. The first kappa shape index (κ1) is 11.6. The standard InChI is InChI=1S/C10H14N4S2/c1-8-12-10(14-13-8)16-6-4-11-7-9-3-2-5-15-9/h2-3,5,11H,4,6-7H2,1H3,(H,12,13,14). The molecule has 0 amide bonds. The highest BCUT2D eigenvalue weighted by Gasteiger charge is 1.99. The van der Waals surface area contributed by atoms with E-state index < -0.39 is 0 Å². The summed E-state index contributed by atoms with van der Waals surface area (Å²) in [5, 5.41) is 13.2. The normalized spacial score (nSPS) is 10.8. The molecule has 0 atom stereocenters. The molecule has 0 saturated heterocycles. The van der Waals surface area contributed by atoms with Crippen molar-refractivity contribution in [2.75, 3.05) is 12.3 Å². The van der Waals surface area contributed by atoms with Crippen molar-refractivity contribution in [3.63, 3.8) is 0 Å². The van der Waals surface area contributed by atoms with E-state index in [1.807, 2.05) is 6.92 Å². The van der Waals surface area contributed by atoms with Gasteiger partial charge in [0.2, 0.25) is 5.16 Å². The summed E-state index contributed by atoms with van der Waals surface area (Å²) < 4.78 is 0. The zero-order valence-electron chi connectivity index (χ0n) is 9.06. The van der Waals surface area contributed by atoms with E-state index in [0.29, 0.717) is 0 Å². The lowest BCUT2D eigenvalue weighted by Gasteiger charge is -2.00. The van der Waals surface area contributed by atoms with E-state index >= 15 is 0 Å².